The molecule has 0 aliphatic carbocycles. The van der Waals surface area contributed by atoms with Crippen LogP contribution in [0.3, 0.4) is 0 Å². The Balaban J connectivity index is 1.80. The van der Waals surface area contributed by atoms with Crippen LogP contribution in [0.4, 0.5) is 6.01 Å². The van der Waals surface area contributed by atoms with E-state index in [1.54, 1.807) is 24.7 Å². The first-order chi connectivity index (χ1) is 12.0. The zero-order chi connectivity index (χ0) is 17.8. The van der Waals surface area contributed by atoms with E-state index in [1.165, 1.54) is 0 Å². The highest BCUT2D eigenvalue weighted by molar-refractivity contribution is 6.04. The topological polar surface area (TPSA) is 68.0 Å². The van der Waals surface area contributed by atoms with Crippen LogP contribution < -0.4 is 5.32 Å². The van der Waals surface area contributed by atoms with Crippen LogP contribution >= 0.6 is 0 Å². The molecule has 0 aliphatic rings. The molecule has 0 unspecified atom stereocenters. The number of aromatic nitrogens is 2. The third kappa shape index (κ3) is 4.12. The maximum Gasteiger partial charge on any atom is 0.301 e. The Hall–Kier alpha value is -2.95. The minimum absolute atomic E-state index is 0.226. The first-order valence-electron chi connectivity index (χ1n) is 8.29. The van der Waals surface area contributed by atoms with E-state index >= 15 is 0 Å². The molecule has 1 aromatic carbocycles. The van der Waals surface area contributed by atoms with Crippen LogP contribution in [0.5, 0.6) is 0 Å². The molecule has 2 aromatic heterocycles. The molecular weight excluding hydrogens is 314 g/mol. The van der Waals surface area contributed by atoms with Gasteiger partial charge in [-0.05, 0) is 48.6 Å². The lowest BCUT2D eigenvalue weighted by atomic mass is 9.99. The summed E-state index contributed by atoms with van der Waals surface area (Å²) in [7, 11) is 0. The summed E-state index contributed by atoms with van der Waals surface area (Å²) in [5.74, 6) is 0.232. The van der Waals surface area contributed by atoms with Gasteiger partial charge in [-0.1, -0.05) is 26.0 Å². The van der Waals surface area contributed by atoms with E-state index in [2.05, 4.69) is 29.1 Å². The SMILES string of the molecule is Cc1ccc(C(=O)Nc2nc(CC(C)C)co2)cc1-c1cccnc1. The highest BCUT2D eigenvalue weighted by Crippen LogP contribution is 2.24. The smallest absolute Gasteiger partial charge is 0.301 e. The first kappa shape index (κ1) is 16.9. The van der Waals surface area contributed by atoms with Crippen LogP contribution in [-0.4, -0.2) is 15.9 Å². The molecule has 1 amide bonds. The highest BCUT2D eigenvalue weighted by atomic mass is 16.4. The number of amides is 1. The predicted molar refractivity (Wildman–Crippen MR) is 97.4 cm³/mol. The second-order valence-corrected chi connectivity index (χ2v) is 6.47. The van der Waals surface area contributed by atoms with Crippen LogP contribution in [0.1, 0.15) is 35.5 Å². The number of carbonyl (C=O) groups excluding carboxylic acids is 1. The number of rotatable bonds is 5. The summed E-state index contributed by atoms with van der Waals surface area (Å²) in [6.45, 7) is 6.23. The average molecular weight is 335 g/mol. The van der Waals surface area contributed by atoms with Gasteiger partial charge in [0, 0.05) is 23.5 Å². The molecule has 1 N–H and O–H groups in total. The second-order valence-electron chi connectivity index (χ2n) is 6.47. The Morgan fingerprint density at radius 2 is 2.12 bits per heavy atom. The van der Waals surface area contributed by atoms with E-state index in [0.29, 0.717) is 11.5 Å². The summed E-state index contributed by atoms with van der Waals surface area (Å²) in [6.07, 6.45) is 5.92. The summed E-state index contributed by atoms with van der Waals surface area (Å²) >= 11 is 0. The van der Waals surface area contributed by atoms with Crippen molar-refractivity contribution in [2.75, 3.05) is 5.32 Å². The summed E-state index contributed by atoms with van der Waals surface area (Å²) in [5, 5.41) is 2.72. The molecule has 3 aromatic rings. The Labute approximate surface area is 147 Å². The van der Waals surface area contributed by atoms with Crippen molar-refractivity contribution in [3.8, 4) is 11.1 Å². The molecule has 0 aliphatic heterocycles. The third-order valence-electron chi connectivity index (χ3n) is 3.86. The highest BCUT2D eigenvalue weighted by Gasteiger charge is 2.13. The number of anilines is 1. The van der Waals surface area contributed by atoms with E-state index in [9.17, 15) is 4.79 Å². The normalized spacial score (nSPS) is 10.9. The number of hydrogen-bond acceptors (Lipinski definition) is 4. The van der Waals surface area contributed by atoms with E-state index in [4.69, 9.17) is 4.42 Å². The number of benzene rings is 1. The van der Waals surface area contributed by atoms with Gasteiger partial charge in [-0.2, -0.15) is 4.98 Å². The molecule has 0 fully saturated rings. The Kier molecular flexibility index (Phi) is 4.93. The monoisotopic (exact) mass is 335 g/mol. The molecule has 0 saturated heterocycles. The van der Waals surface area contributed by atoms with Crippen molar-refractivity contribution >= 4 is 11.9 Å². The molecule has 0 bridgehead atoms. The van der Waals surface area contributed by atoms with Crippen molar-refractivity contribution in [3.05, 3.63) is 65.8 Å². The van der Waals surface area contributed by atoms with Gasteiger partial charge in [0.05, 0.1) is 5.69 Å². The Morgan fingerprint density at radius 1 is 1.28 bits per heavy atom. The number of pyridine rings is 1. The summed E-state index contributed by atoms with van der Waals surface area (Å²) in [4.78, 5) is 21.0. The van der Waals surface area contributed by atoms with E-state index in [1.807, 2.05) is 31.2 Å². The van der Waals surface area contributed by atoms with Gasteiger partial charge in [-0.25, -0.2) is 0 Å². The number of oxazole rings is 1. The number of nitrogens with one attached hydrogen (secondary N) is 1. The van der Waals surface area contributed by atoms with Crippen LogP contribution in [0.2, 0.25) is 0 Å². The fourth-order valence-corrected chi connectivity index (χ4v) is 2.64. The maximum absolute atomic E-state index is 12.5. The van der Waals surface area contributed by atoms with Crippen molar-refractivity contribution in [1.29, 1.82) is 0 Å². The molecule has 3 rings (SSSR count). The lowest BCUT2D eigenvalue weighted by Gasteiger charge is -2.08. The van der Waals surface area contributed by atoms with Crippen molar-refractivity contribution in [1.82, 2.24) is 9.97 Å². The zero-order valence-corrected chi connectivity index (χ0v) is 14.6. The molecular formula is C20H21N3O2. The van der Waals surface area contributed by atoms with Gasteiger partial charge in [0.2, 0.25) is 0 Å². The lowest BCUT2D eigenvalue weighted by molar-refractivity contribution is 0.102. The fraction of sp³-hybridized carbons (Fsp3) is 0.250. The summed E-state index contributed by atoms with van der Waals surface area (Å²) in [5.41, 5.74) is 4.43. The minimum Gasteiger partial charge on any atom is -0.432 e. The Bertz CT molecular complexity index is 870. The van der Waals surface area contributed by atoms with Gasteiger partial charge in [0.15, 0.2) is 0 Å². The minimum atomic E-state index is -0.247. The van der Waals surface area contributed by atoms with Gasteiger partial charge in [-0.15, -0.1) is 0 Å². The molecule has 25 heavy (non-hydrogen) atoms. The second kappa shape index (κ2) is 7.30. The first-order valence-corrected chi connectivity index (χ1v) is 8.29. The molecule has 0 saturated carbocycles. The quantitative estimate of drug-likeness (QED) is 0.745. The summed E-state index contributed by atoms with van der Waals surface area (Å²) in [6, 6.07) is 9.66. The van der Waals surface area contributed by atoms with Crippen molar-refractivity contribution < 1.29 is 9.21 Å². The lowest BCUT2D eigenvalue weighted by Crippen LogP contribution is -2.12. The van der Waals surface area contributed by atoms with Crippen LogP contribution in [0.15, 0.2) is 53.4 Å². The van der Waals surface area contributed by atoms with Crippen molar-refractivity contribution in [2.24, 2.45) is 5.92 Å². The van der Waals surface area contributed by atoms with E-state index < -0.39 is 0 Å². The number of carbonyl (C=O) groups is 1. The number of hydrogen-bond donors (Lipinski definition) is 1. The molecule has 0 atom stereocenters. The van der Waals surface area contributed by atoms with Crippen LogP contribution in [-0.2, 0) is 6.42 Å². The van der Waals surface area contributed by atoms with Gasteiger partial charge < -0.3 is 4.42 Å². The molecule has 128 valence electrons. The molecule has 0 spiro atoms. The number of aryl methyl sites for hydroxylation is 1. The van der Waals surface area contributed by atoms with E-state index in [-0.39, 0.29) is 11.9 Å². The van der Waals surface area contributed by atoms with E-state index in [0.717, 1.165) is 28.8 Å². The maximum atomic E-state index is 12.5. The molecule has 0 radical (unpaired) electrons. The van der Waals surface area contributed by atoms with Gasteiger partial charge in [-0.3, -0.25) is 15.1 Å². The zero-order valence-electron chi connectivity index (χ0n) is 14.6. The van der Waals surface area contributed by atoms with Gasteiger partial charge in [0.1, 0.15) is 6.26 Å². The molecule has 5 nitrogen and oxygen atoms in total. The van der Waals surface area contributed by atoms with Gasteiger partial charge in [0.25, 0.3) is 5.91 Å². The average Bonchev–Trinajstić information content (AvgIpc) is 3.02. The van der Waals surface area contributed by atoms with Crippen LogP contribution in [0, 0.1) is 12.8 Å². The van der Waals surface area contributed by atoms with Gasteiger partial charge >= 0.3 is 6.01 Å². The molecule has 2 heterocycles. The summed E-state index contributed by atoms with van der Waals surface area (Å²) < 4.78 is 5.34. The predicted octanol–water partition coefficient (Wildman–Crippen LogP) is 4.50. The fourth-order valence-electron chi connectivity index (χ4n) is 2.64. The third-order valence-corrected chi connectivity index (χ3v) is 3.86. The Morgan fingerprint density at radius 3 is 2.84 bits per heavy atom. The largest absolute Gasteiger partial charge is 0.432 e. The van der Waals surface area contributed by atoms with Crippen molar-refractivity contribution in [2.45, 2.75) is 27.2 Å². The van der Waals surface area contributed by atoms with Crippen molar-refractivity contribution in [3.63, 3.8) is 0 Å². The van der Waals surface area contributed by atoms with Crippen LogP contribution in [0.25, 0.3) is 11.1 Å². The molecule has 5 heteroatoms. The number of nitrogens with zero attached hydrogens (tertiary/aromatic N) is 2. The standard InChI is InChI=1S/C20H21N3O2/c1-13(2)9-17-12-25-20(22-17)23-19(24)15-7-6-14(3)18(10-15)16-5-4-8-21-11-16/h4-8,10-13H,9H2,1-3H3,(H,22,23,24).